The van der Waals surface area contributed by atoms with Crippen LogP contribution in [0.3, 0.4) is 0 Å². The van der Waals surface area contributed by atoms with E-state index in [2.05, 4.69) is 4.72 Å². The van der Waals surface area contributed by atoms with E-state index in [-0.39, 0.29) is 47.4 Å². The Labute approximate surface area is 200 Å². The van der Waals surface area contributed by atoms with E-state index in [0.29, 0.717) is 39.1 Å². The predicted octanol–water partition coefficient (Wildman–Crippen LogP) is 1.02. The van der Waals surface area contributed by atoms with Gasteiger partial charge in [0.1, 0.15) is 0 Å². The maximum Gasteiger partial charge on any atom is 0.309 e. The molecule has 34 heavy (non-hydrogen) atoms. The number of hydrogen-bond acceptors (Lipinski definition) is 7. The number of carbonyl (C=O) groups is 3. The van der Waals surface area contributed by atoms with Crippen LogP contribution in [0.15, 0.2) is 29.2 Å². The molecule has 2 aliphatic rings. The van der Waals surface area contributed by atoms with Crippen LogP contribution < -0.4 is 4.72 Å². The summed E-state index contributed by atoms with van der Waals surface area (Å²) in [7, 11) is -2.30. The molecule has 0 saturated carbocycles. The molecule has 2 saturated heterocycles. The van der Waals surface area contributed by atoms with Gasteiger partial charge in [0.25, 0.3) is 5.91 Å². The van der Waals surface area contributed by atoms with Crippen LogP contribution in [0.4, 0.5) is 0 Å². The van der Waals surface area contributed by atoms with Gasteiger partial charge in [0, 0.05) is 38.9 Å². The summed E-state index contributed by atoms with van der Waals surface area (Å²) < 4.78 is 38.3. The van der Waals surface area contributed by atoms with Gasteiger partial charge in [-0.2, -0.15) is 0 Å². The molecule has 0 spiro atoms. The van der Waals surface area contributed by atoms with E-state index in [1.54, 1.807) is 11.8 Å². The molecule has 1 unspecified atom stereocenters. The second-order valence-corrected chi connectivity index (χ2v) is 10.4. The number of esters is 1. The Bertz CT molecular complexity index is 984. The minimum absolute atomic E-state index is 0.0166. The first-order valence-electron chi connectivity index (χ1n) is 11.6. The molecule has 11 heteroatoms. The maximum absolute atomic E-state index is 12.9. The van der Waals surface area contributed by atoms with Gasteiger partial charge in [0.2, 0.25) is 15.9 Å². The molecule has 0 radical (unpaired) electrons. The number of piperidine rings is 1. The van der Waals surface area contributed by atoms with Gasteiger partial charge in [0.05, 0.1) is 30.1 Å². The Balaban J connectivity index is 1.55. The highest BCUT2D eigenvalue weighted by Crippen LogP contribution is 2.19. The largest absolute Gasteiger partial charge is 0.466 e. The van der Waals surface area contributed by atoms with Crippen molar-refractivity contribution in [2.75, 3.05) is 46.4 Å². The molecule has 0 aromatic heterocycles. The van der Waals surface area contributed by atoms with Crippen molar-refractivity contribution in [1.29, 1.82) is 0 Å². The summed E-state index contributed by atoms with van der Waals surface area (Å²) in [5, 5.41) is 0. The number of nitrogens with one attached hydrogen (secondary N) is 1. The number of sulfonamides is 1. The molecule has 0 bridgehead atoms. The third-order valence-corrected chi connectivity index (χ3v) is 7.52. The van der Waals surface area contributed by atoms with Crippen molar-refractivity contribution in [1.82, 2.24) is 14.5 Å². The summed E-state index contributed by atoms with van der Waals surface area (Å²) in [5.74, 6) is -1.12. The lowest BCUT2D eigenvalue weighted by molar-refractivity contribution is -0.151. The van der Waals surface area contributed by atoms with Crippen molar-refractivity contribution in [3.8, 4) is 0 Å². The van der Waals surface area contributed by atoms with Crippen molar-refractivity contribution < 1.29 is 32.3 Å². The van der Waals surface area contributed by atoms with Crippen molar-refractivity contribution >= 4 is 27.8 Å². The van der Waals surface area contributed by atoms with E-state index in [1.807, 2.05) is 0 Å². The van der Waals surface area contributed by atoms with Gasteiger partial charge >= 0.3 is 5.97 Å². The SMILES string of the molecule is CCOC(=O)C1CCN(C(=O)CN(C)C(=O)c2cccc(S(=O)(=O)NCC3CCCO3)c2)CC1. The number of ether oxygens (including phenoxy) is 2. The molecule has 1 aromatic carbocycles. The molecule has 2 heterocycles. The quantitative estimate of drug-likeness (QED) is 0.508. The molecule has 3 rings (SSSR count). The lowest BCUT2D eigenvalue weighted by atomic mass is 9.97. The van der Waals surface area contributed by atoms with E-state index in [4.69, 9.17) is 9.47 Å². The minimum Gasteiger partial charge on any atom is -0.466 e. The third kappa shape index (κ3) is 6.77. The van der Waals surface area contributed by atoms with Crippen LogP contribution >= 0.6 is 0 Å². The third-order valence-electron chi connectivity index (χ3n) is 6.10. The van der Waals surface area contributed by atoms with Crippen molar-refractivity contribution in [2.45, 2.75) is 43.6 Å². The number of hydrogen-bond donors (Lipinski definition) is 1. The molecular formula is C23H33N3O7S. The van der Waals surface area contributed by atoms with Crippen LogP contribution in [0.2, 0.25) is 0 Å². The number of benzene rings is 1. The molecule has 2 aliphatic heterocycles. The summed E-state index contributed by atoms with van der Waals surface area (Å²) >= 11 is 0. The number of carbonyl (C=O) groups excluding carboxylic acids is 3. The fraction of sp³-hybridized carbons (Fsp3) is 0.609. The minimum atomic E-state index is -3.80. The first-order valence-corrected chi connectivity index (χ1v) is 13.1. The molecule has 2 amide bonds. The zero-order valence-electron chi connectivity index (χ0n) is 19.7. The average Bonchev–Trinajstić information content (AvgIpc) is 3.36. The highest BCUT2D eigenvalue weighted by Gasteiger charge is 2.29. The Morgan fingerprint density at radius 1 is 1.21 bits per heavy atom. The van der Waals surface area contributed by atoms with Crippen LogP contribution in [0.25, 0.3) is 0 Å². The molecule has 1 atom stereocenters. The van der Waals surface area contributed by atoms with E-state index >= 15 is 0 Å². The topological polar surface area (TPSA) is 122 Å². The van der Waals surface area contributed by atoms with Gasteiger partial charge < -0.3 is 19.3 Å². The number of rotatable bonds is 9. The lowest BCUT2D eigenvalue weighted by Crippen LogP contribution is -2.45. The van der Waals surface area contributed by atoms with Gasteiger partial charge in [-0.25, -0.2) is 13.1 Å². The van der Waals surface area contributed by atoms with E-state index in [9.17, 15) is 22.8 Å². The van der Waals surface area contributed by atoms with Crippen LogP contribution in [0, 0.1) is 5.92 Å². The Kier molecular flexibility index (Phi) is 9.03. The lowest BCUT2D eigenvalue weighted by Gasteiger charge is -2.32. The summed E-state index contributed by atoms with van der Waals surface area (Å²) in [4.78, 5) is 40.3. The number of nitrogens with zero attached hydrogens (tertiary/aromatic N) is 2. The van der Waals surface area contributed by atoms with E-state index < -0.39 is 15.9 Å². The van der Waals surface area contributed by atoms with Crippen molar-refractivity contribution in [3.05, 3.63) is 29.8 Å². The molecule has 0 aliphatic carbocycles. The van der Waals surface area contributed by atoms with E-state index in [1.165, 1.54) is 36.2 Å². The second-order valence-electron chi connectivity index (χ2n) is 8.58. The van der Waals surface area contributed by atoms with Crippen LogP contribution in [0.1, 0.15) is 43.0 Å². The molecule has 2 fully saturated rings. The fourth-order valence-electron chi connectivity index (χ4n) is 4.11. The second kappa shape index (κ2) is 11.8. The van der Waals surface area contributed by atoms with Gasteiger partial charge in [-0.1, -0.05) is 6.07 Å². The van der Waals surface area contributed by atoms with E-state index in [0.717, 1.165) is 12.8 Å². The van der Waals surface area contributed by atoms with Crippen molar-refractivity contribution in [2.24, 2.45) is 5.92 Å². The predicted molar refractivity (Wildman–Crippen MR) is 124 cm³/mol. The number of likely N-dealkylation sites (tertiary alicyclic amines) is 1. The molecule has 188 valence electrons. The first kappa shape index (κ1) is 26.1. The monoisotopic (exact) mass is 495 g/mol. The van der Waals surface area contributed by atoms with Gasteiger partial charge in [-0.05, 0) is 50.8 Å². The average molecular weight is 496 g/mol. The normalized spacial score (nSPS) is 19.1. The highest BCUT2D eigenvalue weighted by molar-refractivity contribution is 7.89. The number of likely N-dealkylation sites (N-methyl/N-ethyl adjacent to an activating group) is 1. The Morgan fingerprint density at radius 2 is 1.94 bits per heavy atom. The highest BCUT2D eigenvalue weighted by atomic mass is 32.2. The standard InChI is InChI=1S/C23H33N3O7S/c1-3-32-23(29)17-9-11-26(12-10-17)21(27)16-25(2)22(28)18-6-4-8-20(14-18)34(30,31)24-15-19-7-5-13-33-19/h4,6,8,14,17,19,24H,3,5,7,9-13,15-16H2,1-2H3. The molecular weight excluding hydrogens is 462 g/mol. The summed E-state index contributed by atoms with van der Waals surface area (Å²) in [6.07, 6.45) is 2.63. The fourth-order valence-corrected chi connectivity index (χ4v) is 5.22. The van der Waals surface area contributed by atoms with Gasteiger partial charge in [0.15, 0.2) is 0 Å². The zero-order chi connectivity index (χ0) is 24.7. The Hall–Kier alpha value is -2.50. The van der Waals surface area contributed by atoms with Crippen molar-refractivity contribution in [3.63, 3.8) is 0 Å². The Morgan fingerprint density at radius 3 is 2.59 bits per heavy atom. The maximum atomic E-state index is 12.9. The molecule has 10 nitrogen and oxygen atoms in total. The van der Waals surface area contributed by atoms with Crippen LogP contribution in [-0.2, 0) is 29.1 Å². The number of amides is 2. The molecule has 1 aromatic rings. The van der Waals surface area contributed by atoms with Gasteiger partial charge in [-0.15, -0.1) is 0 Å². The smallest absolute Gasteiger partial charge is 0.309 e. The van der Waals surface area contributed by atoms with Crippen LogP contribution in [-0.4, -0.2) is 88.5 Å². The summed E-state index contributed by atoms with van der Waals surface area (Å²) in [6.45, 7) is 3.61. The zero-order valence-corrected chi connectivity index (χ0v) is 20.5. The van der Waals surface area contributed by atoms with Crippen LogP contribution in [0.5, 0.6) is 0 Å². The summed E-state index contributed by atoms with van der Waals surface area (Å²) in [5.41, 5.74) is 0.177. The first-order chi connectivity index (χ1) is 16.2. The molecule has 1 N–H and O–H groups in total. The summed E-state index contributed by atoms with van der Waals surface area (Å²) in [6, 6.07) is 5.76. The van der Waals surface area contributed by atoms with Gasteiger partial charge in [-0.3, -0.25) is 14.4 Å².